The van der Waals surface area contributed by atoms with Crippen LogP contribution in [0.25, 0.3) is 5.57 Å². The lowest BCUT2D eigenvalue weighted by atomic mass is 10.2. The number of nitrogens with zero attached hydrogens (tertiary/aromatic N) is 2. The first-order valence-electron chi connectivity index (χ1n) is 4.56. The first kappa shape index (κ1) is 10.9. The maximum absolute atomic E-state index is 11.6. The van der Waals surface area contributed by atoms with Gasteiger partial charge in [-0.25, -0.2) is 4.79 Å². The fourth-order valence-electron chi connectivity index (χ4n) is 1.29. The zero-order valence-electron chi connectivity index (χ0n) is 9.01. The predicted molar refractivity (Wildman–Crippen MR) is 51.5 cm³/mol. The molecule has 0 unspecified atom stereocenters. The maximum atomic E-state index is 11.6. The molecule has 0 aliphatic carbocycles. The lowest BCUT2D eigenvalue weighted by Crippen LogP contribution is -2.39. The summed E-state index contributed by atoms with van der Waals surface area (Å²) in [5, 5.41) is 11.6. The molecule has 6 nitrogen and oxygen atoms in total. The van der Waals surface area contributed by atoms with Gasteiger partial charge in [0, 0.05) is 11.5 Å². The zero-order valence-corrected chi connectivity index (χ0v) is 9.83. The van der Waals surface area contributed by atoms with E-state index < -0.39 is 17.7 Å². The van der Waals surface area contributed by atoms with Gasteiger partial charge in [-0.3, -0.25) is 0 Å². The van der Waals surface area contributed by atoms with E-state index in [4.69, 9.17) is 9.47 Å². The third kappa shape index (κ3) is 1.85. The molecule has 16 heavy (non-hydrogen) atoms. The van der Waals surface area contributed by atoms with E-state index in [1.165, 1.54) is 18.5 Å². The summed E-state index contributed by atoms with van der Waals surface area (Å²) in [6.45, 7) is 3.01. The van der Waals surface area contributed by atoms with E-state index in [1.54, 1.807) is 13.2 Å². The first-order valence-corrected chi connectivity index (χ1v) is 5.33. The Kier molecular flexibility index (Phi) is 2.34. The van der Waals surface area contributed by atoms with Gasteiger partial charge < -0.3 is 14.6 Å². The van der Waals surface area contributed by atoms with Crippen molar-refractivity contribution >= 4 is 23.1 Å². The second kappa shape index (κ2) is 3.44. The number of hydrogen-bond acceptors (Lipinski definition) is 6. The fourth-order valence-corrected chi connectivity index (χ4v) is 2.01. The number of ether oxygens (including phenoxy) is 2. The number of esters is 1. The van der Waals surface area contributed by atoms with E-state index in [9.17, 15) is 9.90 Å². The van der Waals surface area contributed by atoms with Crippen molar-refractivity contribution in [3.05, 3.63) is 17.0 Å². The second-order valence-electron chi connectivity index (χ2n) is 3.79. The van der Waals surface area contributed by atoms with Crippen LogP contribution in [0.5, 0.6) is 0 Å². The number of aryl methyl sites for hydroxylation is 1. The molecule has 0 amide bonds. The molecular weight excluding hydrogens is 232 g/mol. The summed E-state index contributed by atoms with van der Waals surface area (Å²) in [5.74, 6) is -2.55. The molecule has 1 aliphatic rings. The van der Waals surface area contributed by atoms with Crippen LogP contribution < -0.4 is 9.79 Å². The Morgan fingerprint density at radius 2 is 2.19 bits per heavy atom. The standard InChI is InChI=1S/C9H10N2O4S/c1-9(2)14-7(12)6(8(13)15-9)5-4-11(3)10-16-5/h4H,1-3H3. The van der Waals surface area contributed by atoms with Crippen LogP contribution in [0.1, 0.15) is 18.7 Å². The van der Waals surface area contributed by atoms with E-state index in [0.29, 0.717) is 4.88 Å². The molecule has 0 radical (unpaired) electrons. The maximum Gasteiger partial charge on any atom is 0.343 e. The van der Waals surface area contributed by atoms with Gasteiger partial charge in [-0.2, -0.15) is 0 Å². The highest BCUT2D eigenvalue weighted by atomic mass is 32.1. The lowest BCUT2D eigenvalue weighted by molar-refractivity contribution is -0.722. The summed E-state index contributed by atoms with van der Waals surface area (Å²) in [5.41, 5.74) is -0.0996. The molecule has 0 aromatic carbocycles. The molecule has 1 aromatic rings. The highest BCUT2D eigenvalue weighted by Gasteiger charge is 2.32. The topological polar surface area (TPSA) is 75.4 Å². The number of carbonyl (C=O) groups excluding carboxylic acids is 1. The average Bonchev–Trinajstić information content (AvgIpc) is 2.47. The van der Waals surface area contributed by atoms with Crippen molar-refractivity contribution in [2.75, 3.05) is 0 Å². The quantitative estimate of drug-likeness (QED) is 0.481. The second-order valence-corrected chi connectivity index (χ2v) is 4.58. The summed E-state index contributed by atoms with van der Waals surface area (Å²) >= 11 is 1.04. The van der Waals surface area contributed by atoms with Gasteiger partial charge in [0.2, 0.25) is 6.20 Å². The van der Waals surface area contributed by atoms with Crippen molar-refractivity contribution < 1.29 is 24.1 Å². The van der Waals surface area contributed by atoms with E-state index >= 15 is 0 Å². The SMILES string of the molecule is C[n+]1cc(C2=C([O-])OC(C)(C)OC2=O)sn1. The monoisotopic (exact) mass is 242 g/mol. The highest BCUT2D eigenvalue weighted by molar-refractivity contribution is 7.07. The molecular formula is C9H10N2O4S. The lowest BCUT2D eigenvalue weighted by Gasteiger charge is -2.38. The van der Waals surface area contributed by atoms with Crippen LogP contribution >= 0.6 is 11.5 Å². The predicted octanol–water partition coefficient (Wildman–Crippen LogP) is -0.694. The molecule has 7 heteroatoms. The minimum absolute atomic E-state index is 0.0996. The Morgan fingerprint density at radius 3 is 2.69 bits per heavy atom. The number of carbonyl (C=O) groups is 1. The van der Waals surface area contributed by atoms with Crippen molar-refractivity contribution in [3.63, 3.8) is 0 Å². The minimum Gasteiger partial charge on any atom is -0.575 e. The van der Waals surface area contributed by atoms with E-state index in [-0.39, 0.29) is 5.57 Å². The first-order chi connectivity index (χ1) is 7.39. The third-order valence-corrected chi connectivity index (χ3v) is 2.75. The van der Waals surface area contributed by atoms with Crippen LogP contribution in [0.15, 0.2) is 12.1 Å². The van der Waals surface area contributed by atoms with Crippen LogP contribution in [0.4, 0.5) is 0 Å². The third-order valence-electron chi connectivity index (χ3n) is 1.90. The molecule has 1 aromatic heterocycles. The molecule has 1 aliphatic heterocycles. The van der Waals surface area contributed by atoms with Gasteiger partial charge in [-0.15, -0.1) is 0 Å². The average molecular weight is 242 g/mol. The van der Waals surface area contributed by atoms with Crippen LogP contribution in [-0.2, 0) is 21.3 Å². The van der Waals surface area contributed by atoms with E-state index in [0.717, 1.165) is 11.5 Å². The highest BCUT2D eigenvalue weighted by Crippen LogP contribution is 2.30. The van der Waals surface area contributed by atoms with Crippen molar-refractivity contribution in [2.24, 2.45) is 7.05 Å². The summed E-state index contributed by atoms with van der Waals surface area (Å²) < 4.78 is 15.4. The van der Waals surface area contributed by atoms with Gasteiger partial charge in [0.1, 0.15) is 10.5 Å². The Hall–Kier alpha value is -1.63. The van der Waals surface area contributed by atoms with Crippen LogP contribution in [0.3, 0.4) is 0 Å². The summed E-state index contributed by atoms with van der Waals surface area (Å²) in [6.07, 6.45) is 1.57. The van der Waals surface area contributed by atoms with Crippen LogP contribution in [-0.4, -0.2) is 16.2 Å². The van der Waals surface area contributed by atoms with Crippen molar-refractivity contribution in [3.8, 4) is 0 Å². The molecule has 0 N–H and O–H groups in total. The Bertz CT molecular complexity index is 478. The Morgan fingerprint density at radius 1 is 1.50 bits per heavy atom. The summed E-state index contributed by atoms with van der Waals surface area (Å²) in [7, 11) is 1.70. The molecule has 0 saturated heterocycles. The Balaban J connectivity index is 2.44. The zero-order chi connectivity index (χ0) is 11.9. The summed E-state index contributed by atoms with van der Waals surface area (Å²) in [6, 6.07) is 0. The molecule has 0 fully saturated rings. The number of hydrogen-bond donors (Lipinski definition) is 0. The molecule has 0 atom stereocenters. The Labute approximate surface area is 95.9 Å². The minimum atomic E-state index is -1.20. The van der Waals surface area contributed by atoms with Gasteiger partial charge in [-0.05, 0) is 13.8 Å². The van der Waals surface area contributed by atoms with Gasteiger partial charge in [-0.1, -0.05) is 4.68 Å². The van der Waals surface area contributed by atoms with Crippen molar-refractivity contribution in [1.29, 1.82) is 0 Å². The largest absolute Gasteiger partial charge is 0.575 e. The number of cyclic esters (lactones) is 1. The van der Waals surface area contributed by atoms with Gasteiger partial charge in [0.25, 0.3) is 0 Å². The number of rotatable bonds is 1. The van der Waals surface area contributed by atoms with Gasteiger partial charge >= 0.3 is 5.97 Å². The fraction of sp³-hybridized carbons (Fsp3) is 0.444. The van der Waals surface area contributed by atoms with Gasteiger partial charge in [0.15, 0.2) is 12.8 Å². The van der Waals surface area contributed by atoms with Crippen molar-refractivity contribution in [2.45, 2.75) is 19.6 Å². The molecule has 0 saturated carbocycles. The smallest absolute Gasteiger partial charge is 0.343 e. The van der Waals surface area contributed by atoms with Crippen molar-refractivity contribution in [1.82, 2.24) is 4.49 Å². The van der Waals surface area contributed by atoms with Crippen LogP contribution in [0.2, 0.25) is 0 Å². The van der Waals surface area contributed by atoms with Crippen LogP contribution in [0, 0.1) is 0 Å². The molecule has 0 spiro atoms. The number of aromatic nitrogens is 2. The molecule has 2 heterocycles. The van der Waals surface area contributed by atoms with E-state index in [2.05, 4.69) is 4.49 Å². The normalized spacial score (nSPS) is 19.3. The van der Waals surface area contributed by atoms with Gasteiger partial charge in [0.05, 0.1) is 10.4 Å². The molecule has 0 bridgehead atoms. The molecule has 2 rings (SSSR count). The van der Waals surface area contributed by atoms with E-state index in [1.807, 2.05) is 0 Å². The molecule has 86 valence electrons. The summed E-state index contributed by atoms with van der Waals surface area (Å²) in [4.78, 5) is 12.1.